The van der Waals surface area contributed by atoms with Gasteiger partial charge in [-0.2, -0.15) is 5.26 Å². The molecule has 0 saturated carbocycles. The Balaban J connectivity index is 1.83. The van der Waals surface area contributed by atoms with E-state index in [1.165, 1.54) is 17.8 Å². The highest BCUT2D eigenvalue weighted by Gasteiger charge is 2.24. The van der Waals surface area contributed by atoms with Crippen molar-refractivity contribution in [3.05, 3.63) is 81.8 Å². The van der Waals surface area contributed by atoms with Gasteiger partial charge >= 0.3 is 0 Å². The normalized spacial score (nSPS) is 13.0. The standard InChI is InChI=1S/C23H18ClFN2S/c24-19-10-4-1-7-15(19)14-28-23-18(13-26)22(16-8-2-5-11-20(16)25)17-9-3-6-12-21(17)27-23/h1-2,4-5,7-8,10-11H,3,6,9,12,14H2. The Morgan fingerprint density at radius 1 is 1.07 bits per heavy atom. The number of rotatable bonds is 4. The summed E-state index contributed by atoms with van der Waals surface area (Å²) < 4.78 is 14.6. The van der Waals surface area contributed by atoms with Crippen molar-refractivity contribution in [2.75, 3.05) is 0 Å². The minimum atomic E-state index is -0.306. The molecule has 5 heteroatoms. The predicted octanol–water partition coefficient (Wildman–Crippen LogP) is 6.58. The molecule has 1 aliphatic carbocycles. The molecule has 0 unspecified atom stereocenters. The second-order valence-corrected chi connectivity index (χ2v) is 8.14. The molecule has 0 spiro atoms. The van der Waals surface area contributed by atoms with Gasteiger partial charge in [-0.1, -0.05) is 48.0 Å². The summed E-state index contributed by atoms with van der Waals surface area (Å²) in [5.41, 5.74) is 4.67. The maximum absolute atomic E-state index is 14.6. The highest BCUT2D eigenvalue weighted by atomic mass is 35.5. The molecule has 1 heterocycles. The van der Waals surface area contributed by atoms with Crippen molar-refractivity contribution in [3.63, 3.8) is 0 Å². The van der Waals surface area contributed by atoms with E-state index in [1.54, 1.807) is 12.1 Å². The Kier molecular flexibility index (Phi) is 5.66. The highest BCUT2D eigenvalue weighted by Crippen LogP contribution is 2.39. The van der Waals surface area contributed by atoms with Crippen LogP contribution in [0, 0.1) is 17.1 Å². The molecule has 2 nitrogen and oxygen atoms in total. The van der Waals surface area contributed by atoms with E-state index in [-0.39, 0.29) is 5.82 Å². The fourth-order valence-corrected chi connectivity index (χ4v) is 4.94. The van der Waals surface area contributed by atoms with Gasteiger partial charge in [0.25, 0.3) is 0 Å². The third-order valence-electron chi connectivity index (χ3n) is 5.02. The number of fused-ring (bicyclic) bond motifs is 1. The summed E-state index contributed by atoms with van der Waals surface area (Å²) in [7, 11) is 0. The number of halogens is 2. The maximum Gasteiger partial charge on any atom is 0.131 e. The van der Waals surface area contributed by atoms with Gasteiger partial charge in [-0.15, -0.1) is 11.8 Å². The minimum absolute atomic E-state index is 0.306. The van der Waals surface area contributed by atoms with Crippen molar-refractivity contribution >= 4 is 23.4 Å². The molecule has 0 fully saturated rings. The van der Waals surface area contributed by atoms with Crippen molar-refractivity contribution in [2.24, 2.45) is 0 Å². The number of benzene rings is 2. The van der Waals surface area contributed by atoms with Gasteiger partial charge in [0.15, 0.2) is 0 Å². The van der Waals surface area contributed by atoms with Crippen molar-refractivity contribution < 1.29 is 4.39 Å². The fourth-order valence-electron chi connectivity index (χ4n) is 3.65. The molecule has 1 aliphatic rings. The van der Waals surface area contributed by atoms with E-state index in [0.717, 1.165) is 42.5 Å². The van der Waals surface area contributed by atoms with Crippen LogP contribution in [0.3, 0.4) is 0 Å². The lowest BCUT2D eigenvalue weighted by Crippen LogP contribution is -2.11. The van der Waals surface area contributed by atoms with Crippen LogP contribution in [0.5, 0.6) is 0 Å². The van der Waals surface area contributed by atoms with Crippen LogP contribution in [0.25, 0.3) is 11.1 Å². The Morgan fingerprint density at radius 2 is 1.82 bits per heavy atom. The first-order chi connectivity index (χ1) is 13.7. The lowest BCUT2D eigenvalue weighted by atomic mass is 9.87. The van der Waals surface area contributed by atoms with Gasteiger partial charge in [-0.3, -0.25) is 0 Å². The zero-order valence-electron chi connectivity index (χ0n) is 15.2. The third-order valence-corrected chi connectivity index (χ3v) is 6.41. The maximum atomic E-state index is 14.6. The zero-order chi connectivity index (χ0) is 19.5. The quantitative estimate of drug-likeness (QED) is 0.457. The van der Waals surface area contributed by atoms with Crippen LogP contribution in [-0.2, 0) is 18.6 Å². The number of aryl methyl sites for hydroxylation is 1. The highest BCUT2D eigenvalue weighted by molar-refractivity contribution is 7.98. The van der Waals surface area contributed by atoms with E-state index in [4.69, 9.17) is 16.6 Å². The van der Waals surface area contributed by atoms with E-state index >= 15 is 0 Å². The Bertz CT molecular complexity index is 1070. The monoisotopic (exact) mass is 408 g/mol. The van der Waals surface area contributed by atoms with Crippen LogP contribution >= 0.6 is 23.4 Å². The van der Waals surface area contributed by atoms with Crippen LogP contribution in [0.15, 0.2) is 53.6 Å². The van der Waals surface area contributed by atoms with Gasteiger partial charge in [0.1, 0.15) is 16.9 Å². The summed E-state index contributed by atoms with van der Waals surface area (Å²) in [5.74, 6) is 0.302. The summed E-state index contributed by atoms with van der Waals surface area (Å²) >= 11 is 7.77. The smallest absolute Gasteiger partial charge is 0.131 e. The minimum Gasteiger partial charge on any atom is -0.245 e. The number of nitrogens with zero attached hydrogens (tertiary/aromatic N) is 2. The van der Waals surface area contributed by atoms with Gasteiger partial charge in [-0.05, 0) is 48.9 Å². The number of pyridine rings is 1. The second-order valence-electron chi connectivity index (χ2n) is 6.77. The molecule has 0 atom stereocenters. The van der Waals surface area contributed by atoms with Crippen LogP contribution in [0.4, 0.5) is 4.39 Å². The SMILES string of the molecule is N#Cc1c(SCc2ccccc2Cl)nc2c(c1-c1ccccc1F)CCCC2. The molecule has 0 aliphatic heterocycles. The molecule has 0 amide bonds. The van der Waals surface area contributed by atoms with Crippen molar-refractivity contribution in [1.82, 2.24) is 4.98 Å². The largest absolute Gasteiger partial charge is 0.245 e. The van der Waals surface area contributed by atoms with E-state index in [2.05, 4.69) is 6.07 Å². The zero-order valence-corrected chi connectivity index (χ0v) is 16.8. The van der Waals surface area contributed by atoms with E-state index in [0.29, 0.717) is 32.5 Å². The van der Waals surface area contributed by atoms with Gasteiger partial charge in [0.05, 0.1) is 5.56 Å². The van der Waals surface area contributed by atoms with Crippen LogP contribution < -0.4 is 0 Å². The summed E-state index contributed by atoms with van der Waals surface area (Å²) in [4.78, 5) is 4.82. The van der Waals surface area contributed by atoms with E-state index in [1.807, 2.05) is 30.3 Å². The molecule has 0 N–H and O–H groups in total. The number of hydrogen-bond donors (Lipinski definition) is 0. The lowest BCUT2D eigenvalue weighted by Gasteiger charge is -2.22. The third kappa shape index (κ3) is 3.65. The number of hydrogen-bond acceptors (Lipinski definition) is 3. The number of nitriles is 1. The average molecular weight is 409 g/mol. The topological polar surface area (TPSA) is 36.7 Å². The molecule has 4 rings (SSSR count). The molecule has 0 saturated heterocycles. The molecule has 3 aromatic rings. The molecule has 28 heavy (non-hydrogen) atoms. The molecular weight excluding hydrogens is 391 g/mol. The first-order valence-corrected chi connectivity index (χ1v) is 10.6. The summed E-state index contributed by atoms with van der Waals surface area (Å²) in [5, 5.41) is 11.3. The van der Waals surface area contributed by atoms with Crippen LogP contribution in [-0.4, -0.2) is 4.98 Å². The summed E-state index contributed by atoms with van der Waals surface area (Å²) in [6.45, 7) is 0. The van der Waals surface area contributed by atoms with Crippen LogP contribution in [0.1, 0.15) is 35.2 Å². The van der Waals surface area contributed by atoms with Crippen molar-refractivity contribution in [1.29, 1.82) is 5.26 Å². The summed E-state index contributed by atoms with van der Waals surface area (Å²) in [6, 6.07) is 16.7. The second kappa shape index (κ2) is 8.34. The summed E-state index contributed by atoms with van der Waals surface area (Å²) in [6.07, 6.45) is 3.79. The molecule has 0 bridgehead atoms. The Hall–Kier alpha value is -2.35. The fraction of sp³-hybridized carbons (Fsp3) is 0.217. The molecule has 1 aromatic heterocycles. The van der Waals surface area contributed by atoms with E-state index < -0.39 is 0 Å². The lowest BCUT2D eigenvalue weighted by molar-refractivity contribution is 0.628. The van der Waals surface area contributed by atoms with E-state index in [9.17, 15) is 9.65 Å². The molecular formula is C23H18ClFN2S. The van der Waals surface area contributed by atoms with Crippen molar-refractivity contribution in [3.8, 4) is 17.2 Å². The Labute approximate surface area is 173 Å². The average Bonchev–Trinajstić information content (AvgIpc) is 2.72. The number of aromatic nitrogens is 1. The van der Waals surface area contributed by atoms with Gasteiger partial charge in [-0.25, -0.2) is 9.37 Å². The van der Waals surface area contributed by atoms with Gasteiger partial charge < -0.3 is 0 Å². The predicted molar refractivity (Wildman–Crippen MR) is 112 cm³/mol. The number of thioether (sulfide) groups is 1. The van der Waals surface area contributed by atoms with Gasteiger partial charge in [0.2, 0.25) is 0 Å². The Morgan fingerprint density at radius 3 is 2.61 bits per heavy atom. The molecule has 2 aromatic carbocycles. The first-order valence-electron chi connectivity index (χ1n) is 9.26. The molecule has 140 valence electrons. The van der Waals surface area contributed by atoms with Crippen molar-refractivity contribution in [2.45, 2.75) is 36.5 Å². The van der Waals surface area contributed by atoms with Gasteiger partial charge in [0, 0.05) is 27.6 Å². The first kappa shape index (κ1) is 19.0. The molecule has 0 radical (unpaired) electrons. The van der Waals surface area contributed by atoms with Crippen LogP contribution in [0.2, 0.25) is 5.02 Å².